The third-order valence-corrected chi connectivity index (χ3v) is 8.02. The SMILES string of the molecule is Cc1cc(NS(C)=O)ccc1NC(=O)c1cc(NC(=O)C2C(c3cc(Cl)cc(Cl)c3)C2(Cl)Cl)ccc1Cl. The Labute approximate surface area is 241 Å². The molecule has 3 atom stereocenters. The molecule has 4 rings (SSSR count). The molecule has 0 saturated heterocycles. The number of carbonyl (C=O) groups excluding carboxylic acids is 2. The Morgan fingerprint density at radius 3 is 2.16 bits per heavy atom. The van der Waals surface area contributed by atoms with Crippen LogP contribution in [0.5, 0.6) is 0 Å². The zero-order chi connectivity index (χ0) is 27.1. The molecule has 194 valence electrons. The number of benzene rings is 3. The summed E-state index contributed by atoms with van der Waals surface area (Å²) in [5.74, 6) is -2.16. The van der Waals surface area contributed by atoms with E-state index in [4.69, 9.17) is 58.0 Å². The van der Waals surface area contributed by atoms with Crippen LogP contribution in [0, 0.1) is 12.8 Å². The third kappa shape index (κ3) is 6.36. The normalized spacial score (nSPS) is 18.6. The highest BCUT2D eigenvalue weighted by Crippen LogP contribution is 2.65. The van der Waals surface area contributed by atoms with Gasteiger partial charge < -0.3 is 15.4 Å². The quantitative estimate of drug-likeness (QED) is 0.240. The van der Waals surface area contributed by atoms with Gasteiger partial charge in [0.1, 0.15) is 15.3 Å². The summed E-state index contributed by atoms with van der Waals surface area (Å²) in [6, 6.07) is 14.6. The Kier molecular flexibility index (Phi) is 8.34. The van der Waals surface area contributed by atoms with Crippen LogP contribution in [0.1, 0.15) is 27.4 Å². The smallest absolute Gasteiger partial charge is 0.257 e. The van der Waals surface area contributed by atoms with E-state index in [0.29, 0.717) is 32.7 Å². The average molecular weight is 620 g/mol. The molecule has 1 aliphatic carbocycles. The molecule has 0 aliphatic heterocycles. The maximum absolute atomic E-state index is 13.0. The standard InChI is InChI=1S/C25H20Cl5N3O3S/c1-12-7-17(33-37(2)36)4-6-20(12)32-23(34)18-11-16(3-5-19(18)28)31-24(35)22-21(25(22,29)30)13-8-14(26)10-15(27)9-13/h3-11,21-22,33H,1-2H3,(H,31,35)(H,32,34). The fourth-order valence-corrected chi connectivity index (χ4v) is 6.08. The van der Waals surface area contributed by atoms with Gasteiger partial charge in [-0.1, -0.05) is 34.8 Å². The number of rotatable bonds is 7. The topological polar surface area (TPSA) is 87.3 Å². The molecule has 0 heterocycles. The van der Waals surface area contributed by atoms with Crippen molar-refractivity contribution in [3.63, 3.8) is 0 Å². The fourth-order valence-electron chi connectivity index (χ4n) is 4.04. The molecule has 0 aromatic heterocycles. The lowest BCUT2D eigenvalue weighted by Crippen LogP contribution is -2.18. The lowest BCUT2D eigenvalue weighted by molar-refractivity contribution is -0.117. The van der Waals surface area contributed by atoms with Gasteiger partial charge in [0.05, 0.1) is 16.5 Å². The number of carbonyl (C=O) groups is 2. The van der Waals surface area contributed by atoms with Crippen LogP contribution < -0.4 is 15.4 Å². The predicted octanol–water partition coefficient (Wildman–Crippen LogP) is 7.44. The monoisotopic (exact) mass is 617 g/mol. The van der Waals surface area contributed by atoms with Crippen molar-refractivity contribution in [3.05, 3.63) is 86.4 Å². The first-order valence-corrected chi connectivity index (χ1v) is 14.3. The summed E-state index contributed by atoms with van der Waals surface area (Å²) in [6.45, 7) is 1.81. The van der Waals surface area contributed by atoms with Gasteiger partial charge in [-0.15, -0.1) is 23.2 Å². The van der Waals surface area contributed by atoms with E-state index in [9.17, 15) is 13.8 Å². The molecular formula is C25H20Cl5N3O3S. The van der Waals surface area contributed by atoms with Gasteiger partial charge in [0.2, 0.25) is 5.91 Å². The number of alkyl halides is 2. The van der Waals surface area contributed by atoms with Gasteiger partial charge in [0, 0.05) is 39.3 Å². The number of anilines is 3. The van der Waals surface area contributed by atoms with Crippen LogP contribution in [0.4, 0.5) is 17.1 Å². The Morgan fingerprint density at radius 2 is 1.54 bits per heavy atom. The van der Waals surface area contributed by atoms with E-state index in [1.54, 1.807) is 49.4 Å². The summed E-state index contributed by atoms with van der Waals surface area (Å²) < 4.78 is 12.8. The zero-order valence-electron chi connectivity index (χ0n) is 19.4. The second-order valence-electron chi connectivity index (χ2n) is 8.56. The molecule has 1 saturated carbocycles. The van der Waals surface area contributed by atoms with Gasteiger partial charge >= 0.3 is 0 Å². The lowest BCUT2D eigenvalue weighted by atomic mass is 10.1. The van der Waals surface area contributed by atoms with Gasteiger partial charge in [0.15, 0.2) is 0 Å². The summed E-state index contributed by atoms with van der Waals surface area (Å²) >= 11 is 31.3. The van der Waals surface area contributed by atoms with Gasteiger partial charge in [-0.05, 0) is 72.6 Å². The number of hydrogen-bond acceptors (Lipinski definition) is 3. The van der Waals surface area contributed by atoms with E-state index in [-0.39, 0.29) is 10.6 Å². The molecule has 2 amide bonds. The lowest BCUT2D eigenvalue weighted by Gasteiger charge is -2.13. The highest BCUT2D eigenvalue weighted by molar-refractivity contribution is 7.85. The van der Waals surface area contributed by atoms with Gasteiger partial charge in [0.25, 0.3) is 5.91 Å². The Morgan fingerprint density at radius 1 is 0.892 bits per heavy atom. The summed E-state index contributed by atoms with van der Waals surface area (Å²) in [6.07, 6.45) is 1.52. The summed E-state index contributed by atoms with van der Waals surface area (Å²) in [7, 11) is -1.22. The van der Waals surface area contributed by atoms with Crippen LogP contribution in [0.2, 0.25) is 15.1 Å². The fraction of sp³-hybridized carbons (Fsp3) is 0.200. The van der Waals surface area contributed by atoms with Crippen molar-refractivity contribution in [2.45, 2.75) is 17.2 Å². The molecule has 12 heteroatoms. The average Bonchev–Trinajstić information content (AvgIpc) is 3.38. The maximum Gasteiger partial charge on any atom is 0.257 e. The summed E-state index contributed by atoms with van der Waals surface area (Å²) in [5.41, 5.74) is 3.13. The number of halogens is 5. The van der Waals surface area contributed by atoms with Crippen molar-refractivity contribution >= 4 is 97.9 Å². The predicted molar refractivity (Wildman–Crippen MR) is 154 cm³/mol. The highest BCUT2D eigenvalue weighted by Gasteiger charge is 2.67. The Balaban J connectivity index is 1.49. The minimum Gasteiger partial charge on any atom is -0.326 e. The first-order chi connectivity index (χ1) is 17.4. The molecule has 6 nitrogen and oxygen atoms in total. The summed E-state index contributed by atoms with van der Waals surface area (Å²) in [4.78, 5) is 26.0. The molecular weight excluding hydrogens is 600 g/mol. The minimum absolute atomic E-state index is 0.160. The maximum atomic E-state index is 13.0. The van der Waals surface area contributed by atoms with Gasteiger partial charge in [-0.3, -0.25) is 9.59 Å². The molecule has 1 fully saturated rings. The van der Waals surface area contributed by atoms with E-state index in [1.165, 1.54) is 18.4 Å². The van der Waals surface area contributed by atoms with Crippen molar-refractivity contribution in [1.29, 1.82) is 0 Å². The first kappa shape index (κ1) is 28.0. The van der Waals surface area contributed by atoms with Crippen molar-refractivity contribution in [2.75, 3.05) is 21.6 Å². The van der Waals surface area contributed by atoms with Crippen LogP contribution in [0.25, 0.3) is 0 Å². The molecule has 37 heavy (non-hydrogen) atoms. The third-order valence-electron chi connectivity index (χ3n) is 5.79. The van der Waals surface area contributed by atoms with Crippen molar-refractivity contribution in [2.24, 2.45) is 5.92 Å². The number of aryl methyl sites for hydroxylation is 1. The molecule has 0 radical (unpaired) electrons. The second kappa shape index (κ2) is 11.0. The second-order valence-corrected chi connectivity index (χ2v) is 12.4. The Bertz CT molecular complexity index is 1410. The molecule has 0 bridgehead atoms. The molecule has 0 spiro atoms. The van der Waals surface area contributed by atoms with Gasteiger partial charge in [-0.25, -0.2) is 4.21 Å². The van der Waals surface area contributed by atoms with Crippen LogP contribution in [-0.2, 0) is 15.8 Å². The molecule has 3 unspecified atom stereocenters. The summed E-state index contributed by atoms with van der Waals surface area (Å²) in [5, 5.41) is 6.59. The zero-order valence-corrected chi connectivity index (χ0v) is 24.0. The molecule has 3 aromatic carbocycles. The first-order valence-electron chi connectivity index (χ1n) is 10.8. The minimum atomic E-state index is -1.34. The molecule has 3 N–H and O–H groups in total. The van der Waals surface area contributed by atoms with Crippen molar-refractivity contribution in [3.8, 4) is 0 Å². The van der Waals surface area contributed by atoms with E-state index >= 15 is 0 Å². The van der Waals surface area contributed by atoms with Crippen molar-refractivity contribution < 1.29 is 13.8 Å². The van der Waals surface area contributed by atoms with Crippen LogP contribution >= 0.6 is 58.0 Å². The van der Waals surface area contributed by atoms with Crippen molar-refractivity contribution in [1.82, 2.24) is 0 Å². The van der Waals surface area contributed by atoms with Crippen LogP contribution in [0.3, 0.4) is 0 Å². The van der Waals surface area contributed by atoms with E-state index in [2.05, 4.69) is 15.4 Å². The van der Waals surface area contributed by atoms with Gasteiger partial charge in [-0.2, -0.15) is 0 Å². The Hall–Kier alpha value is -2.00. The highest BCUT2D eigenvalue weighted by atomic mass is 35.5. The molecule has 3 aromatic rings. The number of amides is 2. The largest absolute Gasteiger partial charge is 0.326 e. The number of hydrogen-bond donors (Lipinski definition) is 3. The van der Waals surface area contributed by atoms with E-state index in [1.807, 2.05) is 0 Å². The number of nitrogens with one attached hydrogen (secondary N) is 3. The van der Waals surface area contributed by atoms with Crippen LogP contribution in [-0.4, -0.2) is 26.6 Å². The molecule has 1 aliphatic rings. The van der Waals surface area contributed by atoms with E-state index < -0.39 is 39.0 Å². The van der Waals surface area contributed by atoms with E-state index in [0.717, 1.165) is 5.56 Å². The van der Waals surface area contributed by atoms with Crippen LogP contribution in [0.15, 0.2) is 54.6 Å².